The van der Waals surface area contributed by atoms with Crippen LogP contribution in [0.5, 0.6) is 0 Å². The molecule has 0 aromatic carbocycles. The minimum Gasteiger partial charge on any atom is -0.366 e. The lowest BCUT2D eigenvalue weighted by atomic mass is 9.95. The fourth-order valence-electron chi connectivity index (χ4n) is 3.05. The molecule has 0 amide bonds. The summed E-state index contributed by atoms with van der Waals surface area (Å²) >= 11 is 0. The van der Waals surface area contributed by atoms with Gasteiger partial charge in [0.25, 0.3) is 0 Å². The van der Waals surface area contributed by atoms with Gasteiger partial charge in [0.15, 0.2) is 9.84 Å². The smallest absolute Gasteiger partial charge is 0.159 e. The second-order valence-corrected chi connectivity index (χ2v) is 15.6. The average Bonchev–Trinajstić information content (AvgIpc) is 2.30. The van der Waals surface area contributed by atoms with E-state index >= 15 is 0 Å². The van der Waals surface area contributed by atoms with Crippen molar-refractivity contribution in [2.75, 3.05) is 6.54 Å². The summed E-state index contributed by atoms with van der Waals surface area (Å²) in [5.41, 5.74) is 0. The van der Waals surface area contributed by atoms with E-state index in [2.05, 4.69) is 41.6 Å². The van der Waals surface area contributed by atoms with Gasteiger partial charge in [-0.3, -0.25) is 0 Å². The van der Waals surface area contributed by atoms with Crippen molar-refractivity contribution in [2.24, 2.45) is 0 Å². The Kier molecular flexibility index (Phi) is 7.25. The second kappa shape index (κ2) is 7.89. The molecule has 0 saturated heterocycles. The average molecular weight is 289 g/mol. The summed E-state index contributed by atoms with van der Waals surface area (Å²) in [5.74, 6) is 0. The molecular formula is C12H32N2Si3. The van der Waals surface area contributed by atoms with Crippen LogP contribution in [0.4, 0.5) is 0 Å². The molecule has 0 bridgehead atoms. The zero-order valence-corrected chi connectivity index (χ0v) is 16.3. The first-order chi connectivity index (χ1) is 8.06. The van der Waals surface area contributed by atoms with E-state index in [1.54, 1.807) is 0 Å². The van der Waals surface area contributed by atoms with Crippen LogP contribution in [-0.4, -0.2) is 48.8 Å². The molecule has 1 saturated carbocycles. The highest BCUT2D eigenvalue weighted by Gasteiger charge is 2.24. The van der Waals surface area contributed by atoms with E-state index in [0.717, 1.165) is 6.04 Å². The van der Waals surface area contributed by atoms with Gasteiger partial charge < -0.3 is 8.46 Å². The van der Waals surface area contributed by atoms with Gasteiger partial charge in [0, 0.05) is 6.04 Å². The summed E-state index contributed by atoms with van der Waals surface area (Å²) in [4.78, 5) is 0. The van der Waals surface area contributed by atoms with E-state index in [1.807, 2.05) is 0 Å². The van der Waals surface area contributed by atoms with Crippen LogP contribution >= 0.6 is 0 Å². The predicted molar refractivity (Wildman–Crippen MR) is 87.4 cm³/mol. The highest BCUT2D eigenvalue weighted by Crippen LogP contribution is 2.22. The van der Waals surface area contributed by atoms with Gasteiger partial charge >= 0.3 is 0 Å². The number of hydrogen-bond acceptors (Lipinski definition) is 2. The van der Waals surface area contributed by atoms with Gasteiger partial charge in [-0.25, -0.2) is 0 Å². The molecule has 2 nitrogen and oxygen atoms in total. The molecule has 0 unspecified atom stereocenters. The van der Waals surface area contributed by atoms with Crippen molar-refractivity contribution in [1.82, 2.24) is 8.46 Å². The molecule has 0 spiro atoms. The van der Waals surface area contributed by atoms with Crippen LogP contribution < -0.4 is 0 Å². The molecule has 1 rings (SSSR count). The normalized spacial score (nSPS) is 19.6. The first kappa shape index (κ1) is 15.6. The maximum Gasteiger partial charge on any atom is 0.159 e. The summed E-state index contributed by atoms with van der Waals surface area (Å²) in [6.07, 6.45) is 7.40. The van der Waals surface area contributed by atoms with Crippen LogP contribution in [0.2, 0.25) is 26.2 Å². The Morgan fingerprint density at radius 2 is 1.53 bits per heavy atom. The Balaban J connectivity index is 2.54. The Labute approximate surface area is 114 Å². The monoisotopic (exact) mass is 288 g/mol. The molecule has 1 fully saturated rings. The lowest BCUT2D eigenvalue weighted by molar-refractivity contribution is 0.260. The van der Waals surface area contributed by atoms with Gasteiger partial charge in [0.05, 0.1) is 17.9 Å². The van der Waals surface area contributed by atoms with Crippen LogP contribution in [0.3, 0.4) is 0 Å². The van der Waals surface area contributed by atoms with Crippen molar-refractivity contribution in [1.29, 1.82) is 0 Å². The molecular weight excluding hydrogens is 256 g/mol. The zero-order valence-electron chi connectivity index (χ0n) is 12.6. The van der Waals surface area contributed by atoms with E-state index in [4.69, 9.17) is 0 Å². The molecule has 5 heteroatoms. The summed E-state index contributed by atoms with van der Waals surface area (Å²) in [6.45, 7) is 13.8. The summed E-state index contributed by atoms with van der Waals surface area (Å²) in [7, 11) is -1.22. The van der Waals surface area contributed by atoms with E-state index in [1.165, 1.54) is 38.6 Å². The molecule has 0 N–H and O–H groups in total. The van der Waals surface area contributed by atoms with Gasteiger partial charge in [-0.15, -0.1) is 0 Å². The number of hydrogen-bond donors (Lipinski definition) is 0. The summed E-state index contributed by atoms with van der Waals surface area (Å²) in [6, 6.07) is 0.948. The lowest BCUT2D eigenvalue weighted by Gasteiger charge is -2.40. The topological polar surface area (TPSA) is 6.48 Å². The first-order valence-corrected chi connectivity index (χ1v) is 14.5. The third-order valence-electron chi connectivity index (χ3n) is 4.17. The minimum atomic E-state index is -0.553. The van der Waals surface area contributed by atoms with Gasteiger partial charge in [0.2, 0.25) is 0 Å². The Hall–Kier alpha value is 0.571. The third kappa shape index (κ3) is 4.98. The highest BCUT2D eigenvalue weighted by atomic mass is 28.4. The fraction of sp³-hybridized carbons (Fsp3) is 1.00. The standard InChI is InChI=1S/C12H32N2Si3/c1-6-13(12-10-8-7-9-11-12)15-14(16(2)3)17(4)5/h12,16-17H,6-11,15H2,1-5H3. The van der Waals surface area contributed by atoms with Crippen molar-refractivity contribution in [2.45, 2.75) is 71.3 Å². The van der Waals surface area contributed by atoms with Gasteiger partial charge in [-0.1, -0.05) is 52.4 Å². The molecule has 102 valence electrons. The minimum absolute atomic E-state index is 0.110. The van der Waals surface area contributed by atoms with Crippen LogP contribution in [0.25, 0.3) is 0 Å². The number of nitrogens with zero attached hydrogens (tertiary/aromatic N) is 2. The highest BCUT2D eigenvalue weighted by molar-refractivity contribution is 6.79. The van der Waals surface area contributed by atoms with E-state index in [0.29, 0.717) is 0 Å². The molecule has 1 aliphatic rings. The second-order valence-electron chi connectivity index (χ2n) is 6.04. The Bertz CT molecular complexity index is 198. The molecule has 0 atom stereocenters. The molecule has 0 heterocycles. The molecule has 1 aliphatic carbocycles. The fourth-order valence-corrected chi connectivity index (χ4v) is 12.9. The molecule has 0 aliphatic heterocycles. The summed E-state index contributed by atoms with van der Waals surface area (Å²) < 4.78 is 5.93. The van der Waals surface area contributed by atoms with Crippen molar-refractivity contribution in [3.8, 4) is 0 Å². The first-order valence-electron chi connectivity index (χ1n) is 7.56. The Morgan fingerprint density at radius 1 is 1.00 bits per heavy atom. The van der Waals surface area contributed by atoms with E-state index in [-0.39, 0.29) is 9.84 Å². The van der Waals surface area contributed by atoms with Crippen molar-refractivity contribution in [3.63, 3.8) is 0 Å². The van der Waals surface area contributed by atoms with Gasteiger partial charge in [-0.05, 0) is 19.4 Å². The van der Waals surface area contributed by atoms with Crippen molar-refractivity contribution < 1.29 is 0 Å². The van der Waals surface area contributed by atoms with Gasteiger partial charge in [-0.2, -0.15) is 0 Å². The summed E-state index contributed by atoms with van der Waals surface area (Å²) in [5, 5.41) is 0. The molecule has 0 aromatic heterocycles. The molecule has 17 heavy (non-hydrogen) atoms. The van der Waals surface area contributed by atoms with E-state index < -0.39 is 17.9 Å². The SMILES string of the molecule is CCN([SiH2]N([SiH](C)C)[SiH](C)C)C1CCCCC1. The quantitative estimate of drug-likeness (QED) is 0.689. The molecule has 0 aromatic rings. The predicted octanol–water partition coefficient (Wildman–Crippen LogP) is 1.91. The third-order valence-corrected chi connectivity index (χ3v) is 17.4. The van der Waals surface area contributed by atoms with Gasteiger partial charge in [0.1, 0.15) is 0 Å². The Morgan fingerprint density at radius 3 is 1.94 bits per heavy atom. The van der Waals surface area contributed by atoms with Crippen LogP contribution in [0.1, 0.15) is 39.0 Å². The van der Waals surface area contributed by atoms with Crippen LogP contribution in [-0.2, 0) is 0 Å². The van der Waals surface area contributed by atoms with Crippen molar-refractivity contribution >= 4 is 27.8 Å². The largest absolute Gasteiger partial charge is 0.366 e. The van der Waals surface area contributed by atoms with Crippen LogP contribution in [0.15, 0.2) is 0 Å². The maximum absolute atomic E-state index is 3.03. The lowest BCUT2D eigenvalue weighted by Crippen LogP contribution is -2.55. The zero-order chi connectivity index (χ0) is 12.8. The number of rotatable bonds is 6. The van der Waals surface area contributed by atoms with Crippen LogP contribution in [0, 0.1) is 0 Å². The van der Waals surface area contributed by atoms with Crippen molar-refractivity contribution in [3.05, 3.63) is 0 Å². The molecule has 0 radical (unpaired) electrons. The van der Waals surface area contributed by atoms with E-state index in [9.17, 15) is 0 Å². The maximum atomic E-state index is 3.03.